The van der Waals surface area contributed by atoms with E-state index in [-0.39, 0.29) is 5.91 Å². The van der Waals surface area contributed by atoms with Crippen LogP contribution in [0.4, 0.5) is 5.69 Å². The maximum atomic E-state index is 13.5. The van der Waals surface area contributed by atoms with Crippen molar-refractivity contribution in [1.82, 2.24) is 0 Å². The Kier molecular flexibility index (Phi) is 5.91. The van der Waals surface area contributed by atoms with Crippen LogP contribution in [-0.2, 0) is 4.79 Å². The van der Waals surface area contributed by atoms with E-state index in [1.807, 2.05) is 109 Å². The number of carbonyl (C=O) groups is 1. The summed E-state index contributed by atoms with van der Waals surface area (Å²) < 4.78 is 11.2. The van der Waals surface area contributed by atoms with Crippen molar-refractivity contribution in [3.63, 3.8) is 0 Å². The Labute approximate surface area is 198 Å². The number of amides is 1. The first-order valence-electron chi connectivity index (χ1n) is 10.9. The van der Waals surface area contributed by atoms with E-state index < -0.39 is 0 Å². The van der Waals surface area contributed by atoms with Crippen molar-refractivity contribution in [2.24, 2.45) is 4.99 Å². The Morgan fingerprint density at radius 2 is 1.41 bits per heavy atom. The number of rotatable bonds is 6. The molecule has 5 nitrogen and oxygen atoms in total. The van der Waals surface area contributed by atoms with Gasteiger partial charge in [0.15, 0.2) is 0 Å². The van der Waals surface area contributed by atoms with E-state index in [4.69, 9.17) is 14.5 Å². The highest BCUT2D eigenvalue weighted by atomic mass is 16.5. The summed E-state index contributed by atoms with van der Waals surface area (Å²) in [4.78, 5) is 19.9. The number of carbonyl (C=O) groups excluding carboxylic acids is 1. The smallest absolute Gasteiger partial charge is 0.282 e. The molecule has 0 N–H and O–H groups in total. The maximum Gasteiger partial charge on any atom is 0.282 e. The van der Waals surface area contributed by atoms with Gasteiger partial charge < -0.3 is 9.47 Å². The Hall–Kier alpha value is -4.64. The average Bonchev–Trinajstić information content (AvgIpc) is 3.21. The Balaban J connectivity index is 1.51. The lowest BCUT2D eigenvalue weighted by Gasteiger charge is -2.18. The molecule has 5 heteroatoms. The third kappa shape index (κ3) is 4.45. The van der Waals surface area contributed by atoms with Gasteiger partial charge in [-0.1, -0.05) is 60.7 Å². The minimum absolute atomic E-state index is 0.196. The van der Waals surface area contributed by atoms with Gasteiger partial charge in [0.25, 0.3) is 5.91 Å². The number of amidine groups is 1. The van der Waals surface area contributed by atoms with Crippen LogP contribution in [0, 0.1) is 0 Å². The van der Waals surface area contributed by atoms with Crippen molar-refractivity contribution in [1.29, 1.82) is 0 Å². The summed E-state index contributed by atoms with van der Waals surface area (Å²) in [6.45, 7) is 0. The summed E-state index contributed by atoms with van der Waals surface area (Å²) in [6, 6.07) is 34.2. The van der Waals surface area contributed by atoms with Gasteiger partial charge in [-0.3, -0.25) is 9.69 Å². The average molecular weight is 447 g/mol. The van der Waals surface area contributed by atoms with Crippen molar-refractivity contribution in [2.45, 2.75) is 0 Å². The molecule has 166 valence electrons. The molecule has 0 atom stereocenters. The van der Waals surface area contributed by atoms with Gasteiger partial charge in [-0.2, -0.15) is 0 Å². The van der Waals surface area contributed by atoms with E-state index in [9.17, 15) is 4.79 Å². The highest BCUT2D eigenvalue weighted by Crippen LogP contribution is 2.30. The van der Waals surface area contributed by atoms with E-state index in [0.29, 0.717) is 17.3 Å². The summed E-state index contributed by atoms with van der Waals surface area (Å²) >= 11 is 0. The van der Waals surface area contributed by atoms with Crippen LogP contribution in [0.15, 0.2) is 120 Å². The fourth-order valence-corrected chi connectivity index (χ4v) is 3.72. The lowest BCUT2D eigenvalue weighted by atomic mass is 10.1. The molecule has 0 aliphatic carbocycles. The van der Waals surface area contributed by atoms with Crippen molar-refractivity contribution in [2.75, 3.05) is 12.0 Å². The van der Waals surface area contributed by atoms with Crippen LogP contribution in [0.3, 0.4) is 0 Å². The molecule has 0 aromatic heterocycles. The molecule has 4 aromatic carbocycles. The third-order valence-corrected chi connectivity index (χ3v) is 5.36. The van der Waals surface area contributed by atoms with E-state index in [1.165, 1.54) is 0 Å². The summed E-state index contributed by atoms with van der Waals surface area (Å²) in [6.07, 6.45) is 1.78. The second-order valence-electron chi connectivity index (χ2n) is 7.66. The Bertz CT molecular complexity index is 1360. The molecule has 1 heterocycles. The molecule has 0 fully saturated rings. The van der Waals surface area contributed by atoms with Gasteiger partial charge in [0.05, 0.1) is 12.8 Å². The highest BCUT2D eigenvalue weighted by Gasteiger charge is 2.32. The van der Waals surface area contributed by atoms with Gasteiger partial charge in [-0.25, -0.2) is 4.99 Å². The van der Waals surface area contributed by atoms with Gasteiger partial charge in [-0.15, -0.1) is 0 Å². The van der Waals surface area contributed by atoms with E-state index >= 15 is 0 Å². The van der Waals surface area contributed by atoms with E-state index in [1.54, 1.807) is 18.1 Å². The monoisotopic (exact) mass is 446 g/mol. The molecule has 0 radical (unpaired) electrons. The van der Waals surface area contributed by atoms with Crippen molar-refractivity contribution >= 4 is 23.5 Å². The molecule has 5 rings (SSSR count). The standard InChI is InChI=1S/C29H22N2O3/c1-33-24-17-15-23(16-18-24)31-28(22-10-4-2-5-11-22)30-27(29(31)32)20-21-9-8-14-26(19-21)34-25-12-6-3-7-13-25/h2-20H,1H3/b27-20+. The predicted molar refractivity (Wildman–Crippen MR) is 134 cm³/mol. The van der Waals surface area contributed by atoms with Crippen molar-refractivity contribution in [3.05, 3.63) is 126 Å². The number of nitrogens with zero attached hydrogens (tertiary/aromatic N) is 2. The topological polar surface area (TPSA) is 51.1 Å². The number of benzene rings is 4. The lowest BCUT2D eigenvalue weighted by Crippen LogP contribution is -2.32. The third-order valence-electron chi connectivity index (χ3n) is 5.36. The molecular weight excluding hydrogens is 424 g/mol. The fourth-order valence-electron chi connectivity index (χ4n) is 3.72. The molecule has 34 heavy (non-hydrogen) atoms. The highest BCUT2D eigenvalue weighted by molar-refractivity contribution is 6.33. The number of anilines is 1. The first-order valence-corrected chi connectivity index (χ1v) is 10.9. The summed E-state index contributed by atoms with van der Waals surface area (Å²) in [5, 5.41) is 0. The predicted octanol–water partition coefficient (Wildman–Crippen LogP) is 6.32. The largest absolute Gasteiger partial charge is 0.497 e. The zero-order valence-electron chi connectivity index (χ0n) is 18.6. The minimum Gasteiger partial charge on any atom is -0.497 e. The normalized spacial score (nSPS) is 14.3. The van der Waals surface area contributed by atoms with Gasteiger partial charge >= 0.3 is 0 Å². The lowest BCUT2D eigenvalue weighted by molar-refractivity contribution is -0.113. The number of aliphatic imine (C=N–C) groups is 1. The molecule has 0 saturated heterocycles. The van der Waals surface area contributed by atoms with Gasteiger partial charge in [-0.05, 0) is 60.2 Å². The van der Waals surface area contributed by atoms with Crippen LogP contribution < -0.4 is 14.4 Å². The van der Waals surface area contributed by atoms with Gasteiger partial charge in [0.2, 0.25) is 0 Å². The zero-order chi connectivity index (χ0) is 23.3. The molecular formula is C29H22N2O3. The van der Waals surface area contributed by atoms with Gasteiger partial charge in [0, 0.05) is 5.56 Å². The molecule has 0 spiro atoms. The Morgan fingerprint density at radius 3 is 2.12 bits per heavy atom. The number of ether oxygens (including phenoxy) is 2. The molecule has 0 unspecified atom stereocenters. The Morgan fingerprint density at radius 1 is 0.735 bits per heavy atom. The van der Waals surface area contributed by atoms with Crippen molar-refractivity contribution in [3.8, 4) is 17.2 Å². The summed E-state index contributed by atoms with van der Waals surface area (Å²) in [7, 11) is 1.61. The number of hydrogen-bond acceptors (Lipinski definition) is 4. The molecule has 0 saturated carbocycles. The van der Waals surface area contributed by atoms with Crippen LogP contribution >= 0.6 is 0 Å². The SMILES string of the molecule is COc1ccc(N2C(=O)/C(=C\c3cccc(Oc4ccccc4)c3)N=C2c2ccccc2)cc1. The number of para-hydroxylation sites is 1. The minimum atomic E-state index is -0.196. The van der Waals surface area contributed by atoms with Crippen LogP contribution in [-0.4, -0.2) is 18.9 Å². The fraction of sp³-hybridized carbons (Fsp3) is 0.0345. The van der Waals surface area contributed by atoms with Crippen molar-refractivity contribution < 1.29 is 14.3 Å². The molecule has 1 amide bonds. The van der Waals surface area contributed by atoms with Crippen LogP contribution in [0.1, 0.15) is 11.1 Å². The second kappa shape index (κ2) is 9.46. The number of methoxy groups -OCH3 is 1. The number of hydrogen-bond donors (Lipinski definition) is 0. The molecule has 1 aliphatic rings. The van der Waals surface area contributed by atoms with Crippen LogP contribution in [0.2, 0.25) is 0 Å². The van der Waals surface area contributed by atoms with Gasteiger partial charge in [0.1, 0.15) is 28.8 Å². The second-order valence-corrected chi connectivity index (χ2v) is 7.66. The maximum absolute atomic E-state index is 13.5. The summed E-state index contributed by atoms with van der Waals surface area (Å²) in [5.41, 5.74) is 2.75. The quantitative estimate of drug-likeness (QED) is 0.326. The summed E-state index contributed by atoms with van der Waals surface area (Å²) in [5.74, 6) is 2.54. The molecule has 4 aromatic rings. The zero-order valence-corrected chi connectivity index (χ0v) is 18.6. The van der Waals surface area contributed by atoms with E-state index in [0.717, 1.165) is 28.3 Å². The molecule has 1 aliphatic heterocycles. The first kappa shape index (κ1) is 21.2. The first-order chi connectivity index (χ1) is 16.7. The van der Waals surface area contributed by atoms with Crippen LogP contribution in [0.5, 0.6) is 17.2 Å². The van der Waals surface area contributed by atoms with Crippen LogP contribution in [0.25, 0.3) is 6.08 Å². The van der Waals surface area contributed by atoms with E-state index in [2.05, 4.69) is 0 Å². The molecule has 0 bridgehead atoms.